The maximum Gasteiger partial charge on any atom is 0.254 e. The number of rotatable bonds is 0. The van der Waals surface area contributed by atoms with Crippen molar-refractivity contribution in [2.45, 2.75) is 17.6 Å². The number of nitrogens with one attached hydrogen (secondary N) is 1. The van der Waals surface area contributed by atoms with E-state index in [2.05, 4.69) is 20.7 Å². The van der Waals surface area contributed by atoms with Gasteiger partial charge in [0.2, 0.25) is 0 Å². The molecule has 3 aromatic carbocycles. The van der Waals surface area contributed by atoms with Gasteiger partial charge < -0.3 is 19.5 Å². The quantitative estimate of drug-likeness (QED) is 0.323. The van der Waals surface area contributed by atoms with Crippen LogP contribution in [-0.4, -0.2) is 35.1 Å². The minimum absolute atomic E-state index is 0.00851. The highest BCUT2D eigenvalue weighted by atomic mass is 79.9. The second kappa shape index (κ2) is 8.79. The number of phenols is 1. The molecule has 0 aromatic heterocycles. The number of ether oxygens (including phenoxy) is 1. The Morgan fingerprint density at radius 2 is 1.91 bits per heavy atom. The number of phenolic OH excluding ortho intramolecular Hbond substituents is 1. The lowest BCUT2D eigenvalue weighted by molar-refractivity contribution is -0.0502. The average Bonchev–Trinajstić information content (AvgIpc) is 2.74. The van der Waals surface area contributed by atoms with Crippen molar-refractivity contribution < 1.29 is 23.4 Å². The molecule has 0 saturated carbocycles. The highest BCUT2D eigenvalue weighted by Crippen LogP contribution is 2.39. The van der Waals surface area contributed by atoms with Crippen LogP contribution < -0.4 is 4.72 Å². The second-order valence-electron chi connectivity index (χ2n) is 7.77. The minimum Gasteiger partial charge on any atom is -0.506 e. The van der Waals surface area contributed by atoms with Crippen molar-refractivity contribution in [3.8, 4) is 16.9 Å². The van der Waals surface area contributed by atoms with E-state index >= 15 is 0 Å². The Balaban J connectivity index is 1.62. The van der Waals surface area contributed by atoms with Gasteiger partial charge in [0.15, 0.2) is 0 Å². The van der Waals surface area contributed by atoms with Crippen LogP contribution in [0.25, 0.3) is 11.1 Å². The fourth-order valence-corrected chi connectivity index (χ4v) is 5.28. The first-order valence-electron chi connectivity index (χ1n) is 9.94. The SMILES string of the molecule is O=C1c2cc(Br)c(O)c(c2)SNc2cc(c(F)cc2F)-c2cc(Cl)ccc2COC2CN1C2. The molecule has 0 radical (unpaired) electrons. The average molecular weight is 554 g/mol. The molecule has 6 rings (SSSR count). The molecule has 3 aromatic rings. The van der Waals surface area contributed by atoms with Crippen molar-refractivity contribution in [3.63, 3.8) is 0 Å². The van der Waals surface area contributed by atoms with Crippen LogP contribution in [0.3, 0.4) is 0 Å². The van der Waals surface area contributed by atoms with Crippen LogP contribution in [0.2, 0.25) is 5.02 Å². The molecule has 2 N–H and O–H groups in total. The lowest BCUT2D eigenvalue weighted by Crippen LogP contribution is -2.54. The second-order valence-corrected chi connectivity index (χ2v) is 9.90. The monoisotopic (exact) mass is 552 g/mol. The standard InChI is InChI=1S/C23H16BrClF2N2O3S/c24-17-3-12-4-21(22(17)30)33-28-20-6-16(18(26)7-19(20)27)15-5-13(25)2-1-11(15)10-32-14-8-29(9-14)23(12)31/h1-7,14,28,30H,8-10H2. The molecular formula is C23H16BrClF2N2O3S. The van der Waals surface area contributed by atoms with E-state index in [9.17, 15) is 18.7 Å². The molecule has 5 nitrogen and oxygen atoms in total. The van der Waals surface area contributed by atoms with Crippen LogP contribution in [0.4, 0.5) is 14.5 Å². The minimum atomic E-state index is -0.803. The van der Waals surface area contributed by atoms with Gasteiger partial charge in [-0.15, -0.1) is 0 Å². The summed E-state index contributed by atoms with van der Waals surface area (Å²) in [6, 6.07) is 10.2. The van der Waals surface area contributed by atoms with Crippen LogP contribution in [0.1, 0.15) is 15.9 Å². The van der Waals surface area contributed by atoms with E-state index in [0.29, 0.717) is 44.2 Å². The number of carbonyl (C=O) groups is 1. The van der Waals surface area contributed by atoms with Gasteiger partial charge in [-0.2, -0.15) is 0 Å². The van der Waals surface area contributed by atoms with E-state index in [1.165, 1.54) is 18.2 Å². The van der Waals surface area contributed by atoms with Gasteiger partial charge in [-0.05, 0) is 69.3 Å². The van der Waals surface area contributed by atoms with Gasteiger partial charge in [-0.1, -0.05) is 17.7 Å². The van der Waals surface area contributed by atoms with Crippen molar-refractivity contribution >= 4 is 51.1 Å². The molecule has 1 saturated heterocycles. The number of aromatic hydroxyl groups is 1. The number of nitrogens with zero attached hydrogens (tertiary/aromatic N) is 1. The highest BCUT2D eigenvalue weighted by Gasteiger charge is 2.33. The third kappa shape index (κ3) is 4.30. The number of hydrogen-bond donors (Lipinski definition) is 2. The zero-order chi connectivity index (χ0) is 23.3. The van der Waals surface area contributed by atoms with E-state index in [4.69, 9.17) is 16.3 Å². The Bertz CT molecular complexity index is 1290. The Kier molecular flexibility index (Phi) is 5.98. The fraction of sp³-hybridized carbons (Fsp3) is 0.174. The largest absolute Gasteiger partial charge is 0.506 e. The molecule has 170 valence electrons. The summed E-state index contributed by atoms with van der Waals surface area (Å²) in [6.45, 7) is 1.01. The van der Waals surface area contributed by atoms with Gasteiger partial charge in [0.25, 0.3) is 5.91 Å². The molecule has 0 unspecified atom stereocenters. The normalized spacial score (nSPS) is 16.1. The van der Waals surface area contributed by atoms with Crippen LogP contribution in [0.15, 0.2) is 51.8 Å². The van der Waals surface area contributed by atoms with Gasteiger partial charge in [-0.25, -0.2) is 8.78 Å². The van der Waals surface area contributed by atoms with Gasteiger partial charge in [0, 0.05) is 35.3 Å². The van der Waals surface area contributed by atoms with Gasteiger partial charge in [-0.3, -0.25) is 4.79 Å². The molecule has 0 aliphatic carbocycles. The Morgan fingerprint density at radius 1 is 1.12 bits per heavy atom. The molecule has 1 amide bonds. The molecule has 0 atom stereocenters. The maximum atomic E-state index is 14.8. The number of anilines is 1. The molecule has 10 heteroatoms. The maximum absolute atomic E-state index is 14.8. The molecule has 3 aliphatic rings. The first-order chi connectivity index (χ1) is 15.8. The zero-order valence-corrected chi connectivity index (χ0v) is 20.0. The molecular weight excluding hydrogens is 538 g/mol. The Labute approximate surface area is 205 Å². The smallest absolute Gasteiger partial charge is 0.254 e. The summed E-state index contributed by atoms with van der Waals surface area (Å²) in [4.78, 5) is 14.8. The van der Waals surface area contributed by atoms with Crippen LogP contribution in [-0.2, 0) is 11.3 Å². The number of amides is 1. The summed E-state index contributed by atoms with van der Waals surface area (Å²) in [5, 5.41) is 10.8. The number of carbonyl (C=O) groups excluding carboxylic acids is 1. The van der Waals surface area contributed by atoms with Crippen LogP contribution >= 0.6 is 39.5 Å². The molecule has 3 aliphatic heterocycles. The Hall–Kier alpha value is -2.33. The number of hydrogen-bond acceptors (Lipinski definition) is 5. The van der Waals surface area contributed by atoms with E-state index in [0.717, 1.165) is 18.0 Å². The van der Waals surface area contributed by atoms with Crippen molar-refractivity contribution in [1.29, 1.82) is 0 Å². The van der Waals surface area contributed by atoms with Crippen molar-refractivity contribution in [2.24, 2.45) is 0 Å². The van der Waals surface area contributed by atoms with Crippen molar-refractivity contribution in [2.75, 3.05) is 17.8 Å². The van der Waals surface area contributed by atoms with Gasteiger partial charge >= 0.3 is 0 Å². The van der Waals surface area contributed by atoms with Crippen LogP contribution in [0.5, 0.6) is 5.75 Å². The molecule has 1 fully saturated rings. The summed E-state index contributed by atoms with van der Waals surface area (Å²) >= 11 is 10.4. The van der Waals surface area contributed by atoms with E-state index in [-0.39, 0.29) is 35.6 Å². The molecule has 3 heterocycles. The van der Waals surface area contributed by atoms with E-state index in [1.54, 1.807) is 23.1 Å². The zero-order valence-electron chi connectivity index (χ0n) is 16.9. The third-order valence-corrected chi connectivity index (χ3v) is 7.27. The predicted molar refractivity (Wildman–Crippen MR) is 127 cm³/mol. The van der Waals surface area contributed by atoms with E-state index in [1.807, 2.05) is 0 Å². The first-order valence-corrected chi connectivity index (χ1v) is 11.9. The third-order valence-electron chi connectivity index (χ3n) is 5.57. The van der Waals surface area contributed by atoms with Gasteiger partial charge in [0.05, 0.1) is 27.8 Å². The molecule has 33 heavy (non-hydrogen) atoms. The van der Waals surface area contributed by atoms with Crippen molar-refractivity contribution in [1.82, 2.24) is 4.90 Å². The highest BCUT2D eigenvalue weighted by molar-refractivity contribution is 9.10. The summed E-state index contributed by atoms with van der Waals surface area (Å²) in [6.07, 6.45) is -0.171. The molecule has 6 bridgehead atoms. The Morgan fingerprint density at radius 3 is 2.70 bits per heavy atom. The number of fused-ring (bicyclic) bond motifs is 2. The van der Waals surface area contributed by atoms with E-state index < -0.39 is 11.6 Å². The summed E-state index contributed by atoms with van der Waals surface area (Å²) in [7, 11) is 0. The van der Waals surface area contributed by atoms with Crippen LogP contribution in [0, 0.1) is 11.6 Å². The van der Waals surface area contributed by atoms with Gasteiger partial charge in [0.1, 0.15) is 17.4 Å². The first kappa shape index (κ1) is 22.5. The number of benzene rings is 3. The summed E-state index contributed by atoms with van der Waals surface area (Å²) < 4.78 is 38.5. The summed E-state index contributed by atoms with van der Waals surface area (Å²) in [5.41, 5.74) is 1.72. The predicted octanol–water partition coefficient (Wildman–Crippen LogP) is 6.23. The van der Waals surface area contributed by atoms with Crippen molar-refractivity contribution in [3.05, 3.63) is 74.7 Å². The lowest BCUT2D eigenvalue weighted by Gasteiger charge is -2.39. The molecule has 0 spiro atoms. The topological polar surface area (TPSA) is 61.8 Å². The number of halogens is 4. The summed E-state index contributed by atoms with van der Waals surface area (Å²) in [5.74, 6) is -1.84. The fourth-order valence-electron chi connectivity index (χ4n) is 3.74. The lowest BCUT2D eigenvalue weighted by atomic mass is 9.98.